The fourth-order valence-electron chi connectivity index (χ4n) is 3.04. The van der Waals surface area contributed by atoms with Crippen molar-refractivity contribution in [2.45, 2.75) is 52.1 Å². The number of likely N-dealkylation sites (tertiary alicyclic amines) is 1. The fourth-order valence-corrected chi connectivity index (χ4v) is 3.04. The molecule has 5 nitrogen and oxygen atoms in total. The van der Waals surface area contributed by atoms with Crippen molar-refractivity contribution in [3.8, 4) is 6.07 Å². The monoisotopic (exact) mass is 345 g/mol. The number of nitriles is 1. The Kier molecular flexibility index (Phi) is 6.51. The molecule has 0 aromatic heterocycles. The summed E-state index contributed by atoms with van der Waals surface area (Å²) in [5, 5.41) is 11.5. The van der Waals surface area contributed by atoms with Crippen LogP contribution in [0.3, 0.4) is 0 Å². The number of nitrogens with zero attached hydrogens (tertiary/aromatic N) is 2. The normalized spacial score (nSPS) is 15.8. The summed E-state index contributed by atoms with van der Waals surface area (Å²) in [7, 11) is 0. The second-order valence-corrected chi connectivity index (χ2v) is 6.83. The number of carbonyl (C=O) groups excluding carboxylic acids is 2. The lowest BCUT2D eigenvalue weighted by Crippen LogP contribution is -2.51. The van der Waals surface area contributed by atoms with Crippen molar-refractivity contribution in [2.24, 2.45) is 5.92 Å². The molecule has 6 heteroatoms. The number of amides is 2. The lowest BCUT2D eigenvalue weighted by atomic mass is 9.98. The number of benzene rings is 1. The number of nitrogens with one attached hydrogen (secondary N) is 1. The van der Waals surface area contributed by atoms with Crippen molar-refractivity contribution in [3.63, 3.8) is 0 Å². The summed E-state index contributed by atoms with van der Waals surface area (Å²) >= 11 is 0. The van der Waals surface area contributed by atoms with Crippen LogP contribution in [0.15, 0.2) is 18.2 Å². The standard InChI is InChI=1S/C19H24FN3O2/c1-13(2)9-17(23-8-4-3-5-18(23)24)19(25)22-12-15-7-6-14(11-21)10-16(15)20/h6-7,10,13,17H,3-5,8-9,12H2,1-2H3,(H,22,25). The van der Waals surface area contributed by atoms with E-state index in [4.69, 9.17) is 5.26 Å². The van der Waals surface area contributed by atoms with Crippen molar-refractivity contribution < 1.29 is 14.0 Å². The van der Waals surface area contributed by atoms with Crippen LogP contribution < -0.4 is 5.32 Å². The molecular formula is C19H24FN3O2. The van der Waals surface area contributed by atoms with E-state index in [-0.39, 0.29) is 29.8 Å². The van der Waals surface area contributed by atoms with E-state index in [2.05, 4.69) is 5.32 Å². The van der Waals surface area contributed by atoms with Gasteiger partial charge in [-0.25, -0.2) is 4.39 Å². The minimum atomic E-state index is -0.520. The van der Waals surface area contributed by atoms with Gasteiger partial charge in [0, 0.05) is 25.1 Å². The smallest absolute Gasteiger partial charge is 0.243 e. The average Bonchev–Trinajstić information content (AvgIpc) is 2.58. The number of halogens is 1. The molecule has 1 aromatic carbocycles. The minimum Gasteiger partial charge on any atom is -0.350 e. The molecule has 2 rings (SSSR count). The number of rotatable bonds is 6. The van der Waals surface area contributed by atoms with Crippen molar-refractivity contribution in [1.29, 1.82) is 5.26 Å². The van der Waals surface area contributed by atoms with E-state index in [9.17, 15) is 14.0 Å². The predicted octanol–water partition coefficient (Wildman–Crippen LogP) is 2.74. The molecule has 1 fully saturated rings. The Morgan fingerprint density at radius 2 is 2.16 bits per heavy atom. The van der Waals surface area contributed by atoms with Gasteiger partial charge in [0.1, 0.15) is 11.9 Å². The van der Waals surface area contributed by atoms with Crippen LogP contribution in [0.5, 0.6) is 0 Å². The van der Waals surface area contributed by atoms with Crippen LogP contribution in [0.1, 0.15) is 50.7 Å². The van der Waals surface area contributed by atoms with Gasteiger partial charge < -0.3 is 10.2 Å². The molecule has 1 aliphatic heterocycles. The Balaban J connectivity index is 2.06. The third kappa shape index (κ3) is 5.02. The van der Waals surface area contributed by atoms with Gasteiger partial charge in [-0.15, -0.1) is 0 Å². The lowest BCUT2D eigenvalue weighted by molar-refractivity contribution is -0.143. The average molecular weight is 345 g/mol. The number of carbonyl (C=O) groups is 2. The highest BCUT2D eigenvalue weighted by molar-refractivity contribution is 5.88. The first-order chi connectivity index (χ1) is 11.9. The molecule has 1 saturated heterocycles. The molecule has 134 valence electrons. The first kappa shape index (κ1) is 18.9. The maximum atomic E-state index is 13.9. The van der Waals surface area contributed by atoms with Gasteiger partial charge in [-0.05, 0) is 37.3 Å². The molecule has 2 amide bonds. The highest BCUT2D eigenvalue weighted by Gasteiger charge is 2.31. The third-order valence-electron chi connectivity index (χ3n) is 4.37. The molecule has 1 unspecified atom stereocenters. The summed E-state index contributed by atoms with van der Waals surface area (Å²) in [5.41, 5.74) is 0.560. The zero-order valence-corrected chi connectivity index (χ0v) is 14.7. The topological polar surface area (TPSA) is 73.2 Å². The van der Waals surface area contributed by atoms with Crippen molar-refractivity contribution in [1.82, 2.24) is 10.2 Å². The summed E-state index contributed by atoms with van der Waals surface area (Å²) in [4.78, 5) is 26.5. The van der Waals surface area contributed by atoms with Crippen LogP contribution in [0, 0.1) is 23.1 Å². The van der Waals surface area contributed by atoms with Crippen LogP contribution in [0.4, 0.5) is 4.39 Å². The van der Waals surface area contributed by atoms with Gasteiger partial charge in [0.05, 0.1) is 11.6 Å². The number of hydrogen-bond donors (Lipinski definition) is 1. The second-order valence-electron chi connectivity index (χ2n) is 6.83. The van der Waals surface area contributed by atoms with Crippen molar-refractivity contribution in [2.75, 3.05) is 6.54 Å². The number of hydrogen-bond acceptors (Lipinski definition) is 3. The molecule has 1 N–H and O–H groups in total. The van der Waals surface area contributed by atoms with E-state index in [0.29, 0.717) is 24.9 Å². The molecule has 0 aliphatic carbocycles. The Morgan fingerprint density at radius 1 is 1.40 bits per heavy atom. The zero-order valence-electron chi connectivity index (χ0n) is 14.7. The van der Waals surface area contributed by atoms with Gasteiger partial charge in [0.2, 0.25) is 11.8 Å². The molecule has 25 heavy (non-hydrogen) atoms. The van der Waals surface area contributed by atoms with Gasteiger partial charge in [-0.1, -0.05) is 19.9 Å². The Bertz CT molecular complexity index is 682. The Morgan fingerprint density at radius 3 is 2.76 bits per heavy atom. The quantitative estimate of drug-likeness (QED) is 0.861. The molecule has 0 saturated carbocycles. The molecule has 1 aliphatic rings. The zero-order chi connectivity index (χ0) is 18.4. The van der Waals surface area contributed by atoms with Gasteiger partial charge >= 0.3 is 0 Å². The Hall–Kier alpha value is -2.42. The van der Waals surface area contributed by atoms with Crippen LogP contribution in [0.2, 0.25) is 0 Å². The predicted molar refractivity (Wildman–Crippen MR) is 91.8 cm³/mol. The van der Waals surface area contributed by atoms with Crippen LogP contribution in [-0.4, -0.2) is 29.3 Å². The number of piperidine rings is 1. The van der Waals surface area contributed by atoms with Crippen molar-refractivity contribution >= 4 is 11.8 Å². The van der Waals surface area contributed by atoms with E-state index in [1.165, 1.54) is 12.1 Å². The van der Waals surface area contributed by atoms with Gasteiger partial charge in [-0.2, -0.15) is 5.26 Å². The Labute approximate surface area is 147 Å². The molecule has 1 aromatic rings. The maximum absolute atomic E-state index is 13.9. The van der Waals surface area contributed by atoms with Gasteiger partial charge in [0.25, 0.3) is 0 Å². The summed E-state index contributed by atoms with van der Waals surface area (Å²) in [6.07, 6.45) is 2.82. The second kappa shape index (κ2) is 8.61. The molecule has 1 atom stereocenters. The van der Waals surface area contributed by atoms with Gasteiger partial charge in [-0.3, -0.25) is 9.59 Å². The lowest BCUT2D eigenvalue weighted by Gasteiger charge is -2.34. The summed E-state index contributed by atoms with van der Waals surface area (Å²) in [5.74, 6) is -0.504. The highest BCUT2D eigenvalue weighted by Crippen LogP contribution is 2.19. The van der Waals surface area contributed by atoms with E-state index < -0.39 is 11.9 Å². The molecule has 0 spiro atoms. The van der Waals surface area contributed by atoms with Gasteiger partial charge in [0.15, 0.2) is 0 Å². The van der Waals surface area contributed by atoms with Crippen LogP contribution >= 0.6 is 0 Å². The van der Waals surface area contributed by atoms with Crippen molar-refractivity contribution in [3.05, 3.63) is 35.1 Å². The summed E-state index contributed by atoms with van der Waals surface area (Å²) < 4.78 is 13.9. The maximum Gasteiger partial charge on any atom is 0.243 e. The minimum absolute atomic E-state index is 0.0107. The SMILES string of the molecule is CC(C)CC(C(=O)NCc1ccc(C#N)cc1F)N1CCCCC1=O. The fraction of sp³-hybridized carbons (Fsp3) is 0.526. The third-order valence-corrected chi connectivity index (χ3v) is 4.37. The first-order valence-electron chi connectivity index (χ1n) is 8.68. The van der Waals surface area contributed by atoms with E-state index in [1.54, 1.807) is 4.90 Å². The molecule has 0 radical (unpaired) electrons. The van der Waals surface area contributed by atoms with E-state index in [1.807, 2.05) is 19.9 Å². The summed E-state index contributed by atoms with van der Waals surface area (Å²) in [6, 6.07) is 5.53. The van der Waals surface area contributed by atoms with E-state index >= 15 is 0 Å². The van der Waals surface area contributed by atoms with Crippen LogP contribution in [-0.2, 0) is 16.1 Å². The molecule has 1 heterocycles. The van der Waals surface area contributed by atoms with E-state index in [0.717, 1.165) is 18.9 Å². The molecule has 0 bridgehead atoms. The molecular weight excluding hydrogens is 321 g/mol. The van der Waals surface area contributed by atoms with Crippen LogP contribution in [0.25, 0.3) is 0 Å². The summed E-state index contributed by atoms with van der Waals surface area (Å²) in [6.45, 7) is 4.64. The first-order valence-corrected chi connectivity index (χ1v) is 8.68. The largest absolute Gasteiger partial charge is 0.350 e. The highest BCUT2D eigenvalue weighted by atomic mass is 19.1.